The molecule has 0 aliphatic heterocycles. The lowest BCUT2D eigenvalue weighted by Gasteiger charge is -2.02. The van der Waals surface area contributed by atoms with Crippen molar-refractivity contribution in [2.24, 2.45) is 7.05 Å². The maximum absolute atomic E-state index is 11.2. The smallest absolute Gasteiger partial charge is 0.266 e. The van der Waals surface area contributed by atoms with E-state index < -0.39 is 0 Å². The lowest BCUT2D eigenvalue weighted by atomic mass is 10.1. The fraction of sp³-hybridized carbons (Fsp3) is 0.231. The van der Waals surface area contributed by atoms with E-state index in [9.17, 15) is 4.79 Å². The predicted molar refractivity (Wildman–Crippen MR) is 77.6 cm³/mol. The molecule has 1 aromatic carbocycles. The van der Waals surface area contributed by atoms with Crippen LogP contribution in [0.1, 0.15) is 0 Å². The third-order valence-electron chi connectivity index (χ3n) is 2.08. The summed E-state index contributed by atoms with van der Waals surface area (Å²) in [4.78, 5) is 11.2. The molecule has 5 heteroatoms. The summed E-state index contributed by atoms with van der Waals surface area (Å²) in [6, 6.07) is 11.1. The van der Waals surface area contributed by atoms with E-state index in [2.05, 4.69) is 26.3 Å². The van der Waals surface area contributed by atoms with Crippen LogP contribution in [-0.2, 0) is 7.05 Å². The van der Waals surface area contributed by atoms with Gasteiger partial charge in [-0.2, -0.15) is 5.10 Å². The Kier molecular flexibility index (Phi) is 5.74. The van der Waals surface area contributed by atoms with E-state index in [4.69, 9.17) is 0 Å². The van der Waals surface area contributed by atoms with E-state index in [1.807, 2.05) is 38.4 Å². The fourth-order valence-electron chi connectivity index (χ4n) is 1.30. The summed E-state index contributed by atoms with van der Waals surface area (Å²) in [5.74, 6) is 0. The number of benzene rings is 1. The number of aromatic nitrogens is 2. The van der Waals surface area contributed by atoms with Gasteiger partial charge in [0.15, 0.2) is 0 Å². The van der Waals surface area contributed by atoms with Crippen LogP contribution in [0, 0.1) is 0 Å². The Morgan fingerprint density at radius 3 is 2.44 bits per heavy atom. The third kappa shape index (κ3) is 4.09. The molecule has 0 aliphatic rings. The van der Waals surface area contributed by atoms with E-state index in [-0.39, 0.29) is 5.56 Å². The Morgan fingerprint density at radius 2 is 1.89 bits per heavy atom. The van der Waals surface area contributed by atoms with Crippen LogP contribution in [0.2, 0.25) is 0 Å². The van der Waals surface area contributed by atoms with Crippen molar-refractivity contribution in [1.82, 2.24) is 15.1 Å². The fourth-order valence-corrected chi connectivity index (χ4v) is 1.70. The number of nitrogens with zero attached hydrogens (tertiary/aromatic N) is 2. The number of rotatable bonds is 1. The highest BCUT2D eigenvalue weighted by Gasteiger charge is 2.01. The predicted octanol–water partition coefficient (Wildman–Crippen LogP) is 2.05. The normalized spacial score (nSPS) is 9.56. The average molecular weight is 310 g/mol. The Balaban J connectivity index is 0.000000492. The molecule has 0 aliphatic carbocycles. The zero-order chi connectivity index (χ0) is 13.5. The van der Waals surface area contributed by atoms with Gasteiger partial charge in [-0.1, -0.05) is 28.1 Å². The molecular weight excluding hydrogens is 294 g/mol. The second-order valence-electron chi connectivity index (χ2n) is 3.69. The van der Waals surface area contributed by atoms with Gasteiger partial charge in [-0.05, 0) is 32.3 Å². The Bertz CT molecular complexity index is 566. The Hall–Kier alpha value is -1.46. The first-order valence-corrected chi connectivity index (χ1v) is 6.26. The van der Waals surface area contributed by atoms with Gasteiger partial charge in [-0.3, -0.25) is 4.79 Å². The number of aryl methyl sites for hydroxylation is 1. The number of nitrogens with one attached hydrogen (secondary N) is 1. The first-order chi connectivity index (χ1) is 8.58. The third-order valence-corrected chi connectivity index (χ3v) is 2.57. The molecule has 18 heavy (non-hydrogen) atoms. The van der Waals surface area contributed by atoms with Crippen LogP contribution in [0.15, 0.2) is 45.7 Å². The summed E-state index contributed by atoms with van der Waals surface area (Å²) in [7, 11) is 5.39. The lowest BCUT2D eigenvalue weighted by Crippen LogP contribution is -2.18. The monoisotopic (exact) mass is 309 g/mol. The number of hydrogen-bond donors (Lipinski definition) is 1. The second-order valence-corrected chi connectivity index (χ2v) is 4.61. The van der Waals surface area contributed by atoms with Crippen molar-refractivity contribution in [2.75, 3.05) is 14.1 Å². The topological polar surface area (TPSA) is 46.9 Å². The van der Waals surface area contributed by atoms with Gasteiger partial charge in [-0.15, -0.1) is 0 Å². The minimum Gasteiger partial charge on any atom is -0.323 e. The van der Waals surface area contributed by atoms with Gasteiger partial charge >= 0.3 is 0 Å². The van der Waals surface area contributed by atoms with Crippen molar-refractivity contribution in [3.8, 4) is 11.3 Å². The van der Waals surface area contributed by atoms with Crippen molar-refractivity contribution in [3.63, 3.8) is 0 Å². The standard InChI is InChI=1S/C11H9BrN2O.C2H7N/c1-14-11(15)6-5-10(13-14)8-3-2-4-9(12)7-8;1-3-2/h2-7H,1H3;3H,1-2H3. The van der Waals surface area contributed by atoms with Gasteiger partial charge in [0.2, 0.25) is 0 Å². The summed E-state index contributed by atoms with van der Waals surface area (Å²) < 4.78 is 2.33. The molecule has 0 spiro atoms. The van der Waals surface area contributed by atoms with Gasteiger partial charge in [0, 0.05) is 23.2 Å². The van der Waals surface area contributed by atoms with Crippen molar-refractivity contribution < 1.29 is 0 Å². The van der Waals surface area contributed by atoms with Crippen LogP contribution >= 0.6 is 15.9 Å². The molecule has 2 rings (SSSR count). The van der Waals surface area contributed by atoms with Gasteiger partial charge in [0.25, 0.3) is 5.56 Å². The molecule has 0 bridgehead atoms. The van der Waals surface area contributed by atoms with Gasteiger partial charge in [0.1, 0.15) is 0 Å². The summed E-state index contributed by atoms with van der Waals surface area (Å²) in [6.45, 7) is 0. The molecule has 0 radical (unpaired) electrons. The van der Waals surface area contributed by atoms with E-state index in [1.54, 1.807) is 13.1 Å². The minimum atomic E-state index is -0.103. The van der Waals surface area contributed by atoms with E-state index in [1.165, 1.54) is 10.7 Å². The highest BCUT2D eigenvalue weighted by atomic mass is 79.9. The molecule has 1 N–H and O–H groups in total. The highest BCUT2D eigenvalue weighted by molar-refractivity contribution is 9.10. The molecule has 0 saturated carbocycles. The van der Waals surface area contributed by atoms with Crippen LogP contribution in [0.5, 0.6) is 0 Å². The highest BCUT2D eigenvalue weighted by Crippen LogP contribution is 2.19. The Labute approximate surface area is 115 Å². The molecule has 96 valence electrons. The summed E-state index contributed by atoms with van der Waals surface area (Å²) in [6.07, 6.45) is 0. The largest absolute Gasteiger partial charge is 0.323 e. The molecular formula is C13H16BrN3O. The van der Waals surface area contributed by atoms with Crippen LogP contribution in [0.4, 0.5) is 0 Å². The first kappa shape index (κ1) is 14.6. The van der Waals surface area contributed by atoms with Crippen molar-refractivity contribution >= 4 is 15.9 Å². The van der Waals surface area contributed by atoms with Gasteiger partial charge < -0.3 is 5.32 Å². The maximum atomic E-state index is 11.2. The molecule has 0 fully saturated rings. The SMILES string of the molecule is CNC.Cn1nc(-c2cccc(Br)c2)ccc1=O. The minimum absolute atomic E-state index is 0.103. The second kappa shape index (κ2) is 7.08. The molecule has 1 heterocycles. The van der Waals surface area contributed by atoms with Crippen molar-refractivity contribution in [1.29, 1.82) is 0 Å². The Morgan fingerprint density at radius 1 is 1.22 bits per heavy atom. The van der Waals surface area contributed by atoms with Crippen LogP contribution < -0.4 is 10.9 Å². The van der Waals surface area contributed by atoms with Crippen LogP contribution in [-0.4, -0.2) is 23.9 Å². The van der Waals surface area contributed by atoms with E-state index in [0.29, 0.717) is 0 Å². The van der Waals surface area contributed by atoms with Crippen LogP contribution in [0.3, 0.4) is 0 Å². The number of hydrogen-bond acceptors (Lipinski definition) is 3. The van der Waals surface area contributed by atoms with E-state index >= 15 is 0 Å². The zero-order valence-electron chi connectivity index (χ0n) is 10.6. The molecule has 1 aromatic heterocycles. The summed E-state index contributed by atoms with van der Waals surface area (Å²) in [5.41, 5.74) is 1.67. The lowest BCUT2D eigenvalue weighted by molar-refractivity contribution is 0.712. The summed E-state index contributed by atoms with van der Waals surface area (Å²) >= 11 is 3.40. The molecule has 4 nitrogen and oxygen atoms in total. The molecule has 0 saturated heterocycles. The van der Waals surface area contributed by atoms with Crippen molar-refractivity contribution in [2.45, 2.75) is 0 Å². The maximum Gasteiger partial charge on any atom is 0.266 e. The summed E-state index contributed by atoms with van der Waals surface area (Å²) in [5, 5.41) is 6.92. The van der Waals surface area contributed by atoms with E-state index in [0.717, 1.165) is 15.7 Å². The molecule has 2 aromatic rings. The quantitative estimate of drug-likeness (QED) is 0.877. The number of halogens is 1. The molecule has 0 unspecified atom stereocenters. The van der Waals surface area contributed by atoms with Gasteiger partial charge in [0.05, 0.1) is 5.69 Å². The zero-order valence-corrected chi connectivity index (χ0v) is 12.2. The van der Waals surface area contributed by atoms with Crippen molar-refractivity contribution in [3.05, 3.63) is 51.2 Å². The van der Waals surface area contributed by atoms with Crippen LogP contribution in [0.25, 0.3) is 11.3 Å². The van der Waals surface area contributed by atoms with Gasteiger partial charge in [-0.25, -0.2) is 4.68 Å². The molecule has 0 atom stereocenters. The molecule has 0 amide bonds. The average Bonchev–Trinajstić information content (AvgIpc) is 2.34. The first-order valence-electron chi connectivity index (χ1n) is 5.47.